The molecule has 0 aliphatic heterocycles. The molecule has 0 fully saturated rings. The number of benzene rings is 2. The number of rotatable bonds is 6. The van der Waals surface area contributed by atoms with E-state index in [1.807, 2.05) is 43.3 Å². The van der Waals surface area contributed by atoms with E-state index in [-0.39, 0.29) is 5.91 Å². The van der Waals surface area contributed by atoms with Crippen LogP contribution in [-0.2, 0) is 10.5 Å². The molecule has 0 aliphatic rings. The molecule has 0 saturated carbocycles. The number of hydrogen-bond acceptors (Lipinski definition) is 3. The molecule has 0 radical (unpaired) electrons. The molecule has 0 saturated heterocycles. The standard InChI is InChI=1S/C17H20N2OS/c1-13-15(18)8-5-9-16(13)19-17(20)10-11-21-12-14-6-3-2-4-7-14/h2-9H,10-12,18H2,1H3,(H,19,20). The quantitative estimate of drug-likeness (QED) is 0.629. The Morgan fingerprint density at radius 1 is 1.14 bits per heavy atom. The smallest absolute Gasteiger partial charge is 0.225 e. The molecular formula is C17H20N2OS. The lowest BCUT2D eigenvalue weighted by molar-refractivity contribution is -0.115. The summed E-state index contributed by atoms with van der Waals surface area (Å²) in [6, 6.07) is 15.8. The summed E-state index contributed by atoms with van der Waals surface area (Å²) in [4.78, 5) is 11.9. The molecule has 3 nitrogen and oxygen atoms in total. The van der Waals surface area contributed by atoms with E-state index in [4.69, 9.17) is 5.73 Å². The molecule has 0 heterocycles. The van der Waals surface area contributed by atoms with Crippen molar-refractivity contribution in [1.82, 2.24) is 0 Å². The third-order valence-electron chi connectivity index (χ3n) is 3.23. The van der Waals surface area contributed by atoms with Crippen molar-refractivity contribution in [2.45, 2.75) is 19.1 Å². The Balaban J connectivity index is 1.74. The first kappa shape index (κ1) is 15.4. The lowest BCUT2D eigenvalue weighted by Crippen LogP contribution is -2.13. The summed E-state index contributed by atoms with van der Waals surface area (Å²) in [7, 11) is 0. The van der Waals surface area contributed by atoms with Crippen molar-refractivity contribution >= 4 is 29.0 Å². The predicted molar refractivity (Wildman–Crippen MR) is 91.4 cm³/mol. The number of carbonyl (C=O) groups excluding carboxylic acids is 1. The van der Waals surface area contributed by atoms with Crippen LogP contribution in [0, 0.1) is 6.92 Å². The van der Waals surface area contributed by atoms with Crippen LogP contribution in [-0.4, -0.2) is 11.7 Å². The summed E-state index contributed by atoms with van der Waals surface area (Å²) in [6.07, 6.45) is 0.506. The highest BCUT2D eigenvalue weighted by molar-refractivity contribution is 7.98. The van der Waals surface area contributed by atoms with Gasteiger partial charge >= 0.3 is 0 Å². The van der Waals surface area contributed by atoms with Gasteiger partial charge in [0, 0.05) is 29.3 Å². The van der Waals surface area contributed by atoms with Crippen LogP contribution in [0.15, 0.2) is 48.5 Å². The van der Waals surface area contributed by atoms with Gasteiger partial charge in [0.15, 0.2) is 0 Å². The van der Waals surface area contributed by atoms with Gasteiger partial charge in [0.1, 0.15) is 0 Å². The number of nitrogens with one attached hydrogen (secondary N) is 1. The summed E-state index contributed by atoms with van der Waals surface area (Å²) in [5.41, 5.74) is 9.53. The molecule has 0 atom stereocenters. The molecule has 0 bridgehead atoms. The molecule has 2 rings (SSSR count). The van der Waals surface area contributed by atoms with Gasteiger partial charge in [-0.05, 0) is 30.2 Å². The van der Waals surface area contributed by atoms with E-state index >= 15 is 0 Å². The van der Waals surface area contributed by atoms with Gasteiger partial charge in [0.2, 0.25) is 5.91 Å². The number of carbonyl (C=O) groups is 1. The van der Waals surface area contributed by atoms with Gasteiger partial charge in [-0.1, -0.05) is 36.4 Å². The molecule has 0 spiro atoms. The Morgan fingerprint density at radius 2 is 1.90 bits per heavy atom. The fourth-order valence-electron chi connectivity index (χ4n) is 1.93. The zero-order chi connectivity index (χ0) is 15.1. The summed E-state index contributed by atoms with van der Waals surface area (Å²) in [5, 5.41) is 2.92. The fraction of sp³-hybridized carbons (Fsp3) is 0.235. The molecular weight excluding hydrogens is 280 g/mol. The fourth-order valence-corrected chi connectivity index (χ4v) is 2.83. The minimum absolute atomic E-state index is 0.0317. The molecule has 4 heteroatoms. The summed E-state index contributed by atoms with van der Waals surface area (Å²) in [5.74, 6) is 1.78. The van der Waals surface area contributed by atoms with Gasteiger partial charge in [0.05, 0.1) is 0 Å². The third kappa shape index (κ3) is 4.83. The summed E-state index contributed by atoms with van der Waals surface area (Å²) in [6.45, 7) is 1.91. The molecule has 2 aromatic carbocycles. The van der Waals surface area contributed by atoms with Gasteiger partial charge in [-0.15, -0.1) is 0 Å². The van der Waals surface area contributed by atoms with Crippen molar-refractivity contribution in [2.75, 3.05) is 16.8 Å². The van der Waals surface area contributed by atoms with Gasteiger partial charge in [-0.25, -0.2) is 0 Å². The zero-order valence-electron chi connectivity index (χ0n) is 12.1. The predicted octanol–water partition coefficient (Wildman–Crippen LogP) is 3.84. The van der Waals surface area contributed by atoms with Crippen LogP contribution in [0.5, 0.6) is 0 Å². The van der Waals surface area contributed by atoms with Gasteiger partial charge < -0.3 is 11.1 Å². The number of nitrogens with two attached hydrogens (primary N) is 1. The normalized spacial score (nSPS) is 10.3. The van der Waals surface area contributed by atoms with Crippen molar-refractivity contribution in [3.63, 3.8) is 0 Å². The second-order valence-electron chi connectivity index (χ2n) is 4.86. The molecule has 3 N–H and O–H groups in total. The van der Waals surface area contributed by atoms with E-state index in [1.54, 1.807) is 11.8 Å². The maximum absolute atomic E-state index is 11.9. The third-order valence-corrected chi connectivity index (χ3v) is 4.27. The first-order valence-corrected chi connectivity index (χ1v) is 8.09. The number of thioether (sulfide) groups is 1. The largest absolute Gasteiger partial charge is 0.398 e. The van der Waals surface area contributed by atoms with Crippen LogP contribution in [0.4, 0.5) is 11.4 Å². The topological polar surface area (TPSA) is 55.1 Å². The highest BCUT2D eigenvalue weighted by Gasteiger charge is 2.06. The van der Waals surface area contributed by atoms with E-state index < -0.39 is 0 Å². The van der Waals surface area contributed by atoms with Crippen LogP contribution in [0.1, 0.15) is 17.5 Å². The maximum atomic E-state index is 11.9. The number of anilines is 2. The van der Waals surface area contributed by atoms with Crippen molar-refractivity contribution in [3.05, 3.63) is 59.7 Å². The van der Waals surface area contributed by atoms with Gasteiger partial charge in [-0.3, -0.25) is 4.79 Å². The minimum Gasteiger partial charge on any atom is -0.398 e. The highest BCUT2D eigenvalue weighted by atomic mass is 32.2. The van der Waals surface area contributed by atoms with E-state index in [2.05, 4.69) is 17.4 Å². The number of nitrogen functional groups attached to an aromatic ring is 1. The zero-order valence-corrected chi connectivity index (χ0v) is 13.0. The van der Waals surface area contributed by atoms with Crippen LogP contribution < -0.4 is 11.1 Å². The van der Waals surface area contributed by atoms with Crippen molar-refractivity contribution in [2.24, 2.45) is 0 Å². The minimum atomic E-state index is 0.0317. The van der Waals surface area contributed by atoms with Crippen LogP contribution in [0.25, 0.3) is 0 Å². The van der Waals surface area contributed by atoms with Gasteiger partial charge in [-0.2, -0.15) is 11.8 Å². The lowest BCUT2D eigenvalue weighted by Gasteiger charge is -2.10. The molecule has 2 aromatic rings. The van der Waals surface area contributed by atoms with E-state index in [0.717, 1.165) is 22.8 Å². The second-order valence-corrected chi connectivity index (χ2v) is 5.96. The van der Waals surface area contributed by atoms with Crippen LogP contribution in [0.2, 0.25) is 0 Å². The number of hydrogen-bond donors (Lipinski definition) is 2. The number of amides is 1. The molecule has 1 amide bonds. The molecule has 0 unspecified atom stereocenters. The van der Waals surface area contributed by atoms with Gasteiger partial charge in [0.25, 0.3) is 0 Å². The van der Waals surface area contributed by atoms with Crippen molar-refractivity contribution in [3.8, 4) is 0 Å². The Kier molecular flexibility index (Phi) is 5.69. The maximum Gasteiger partial charge on any atom is 0.225 e. The lowest BCUT2D eigenvalue weighted by atomic mass is 10.1. The first-order valence-electron chi connectivity index (χ1n) is 6.93. The summed E-state index contributed by atoms with van der Waals surface area (Å²) >= 11 is 1.77. The average Bonchev–Trinajstić information content (AvgIpc) is 2.49. The Hall–Kier alpha value is -1.94. The Bertz CT molecular complexity index is 599. The van der Waals surface area contributed by atoms with Crippen molar-refractivity contribution < 1.29 is 4.79 Å². The SMILES string of the molecule is Cc1c(N)cccc1NC(=O)CCSCc1ccccc1. The van der Waals surface area contributed by atoms with E-state index in [1.165, 1.54) is 5.56 Å². The Morgan fingerprint density at radius 3 is 2.67 bits per heavy atom. The molecule has 0 aliphatic carbocycles. The molecule has 0 aromatic heterocycles. The monoisotopic (exact) mass is 300 g/mol. The van der Waals surface area contributed by atoms with Crippen molar-refractivity contribution in [1.29, 1.82) is 0 Å². The van der Waals surface area contributed by atoms with Crippen LogP contribution >= 0.6 is 11.8 Å². The molecule has 110 valence electrons. The van der Waals surface area contributed by atoms with Crippen LogP contribution in [0.3, 0.4) is 0 Å². The molecule has 21 heavy (non-hydrogen) atoms. The van der Waals surface area contributed by atoms with E-state index in [9.17, 15) is 4.79 Å². The highest BCUT2D eigenvalue weighted by Crippen LogP contribution is 2.21. The van der Waals surface area contributed by atoms with E-state index in [0.29, 0.717) is 12.1 Å². The second kappa shape index (κ2) is 7.74. The Labute approximate surface area is 129 Å². The average molecular weight is 300 g/mol. The summed E-state index contributed by atoms with van der Waals surface area (Å²) < 4.78 is 0. The first-order chi connectivity index (χ1) is 10.2.